The third-order valence-electron chi connectivity index (χ3n) is 8.83. The number of imide groups is 2. The van der Waals surface area contributed by atoms with Gasteiger partial charge in [-0.05, 0) is 69.6 Å². The molecule has 0 unspecified atom stereocenters. The Kier molecular flexibility index (Phi) is 22.1. The summed E-state index contributed by atoms with van der Waals surface area (Å²) >= 11 is 0. The second-order valence-corrected chi connectivity index (χ2v) is 13.1. The van der Waals surface area contributed by atoms with Crippen molar-refractivity contribution >= 4 is 47.4 Å². The number of aliphatic hydroxyl groups excluding tert-OH is 2. The predicted octanol–water partition coefficient (Wildman–Crippen LogP) is 0.899. The number of amides is 6. The first-order valence-electron chi connectivity index (χ1n) is 18.5. The van der Waals surface area contributed by atoms with Gasteiger partial charge in [0.25, 0.3) is 23.6 Å². The van der Waals surface area contributed by atoms with Crippen molar-refractivity contribution in [1.29, 1.82) is 0 Å². The Labute approximate surface area is 309 Å². The average Bonchev–Trinajstić information content (AvgIpc) is 3.62. The van der Waals surface area contributed by atoms with Gasteiger partial charge in [0.15, 0.2) is 0 Å². The third kappa shape index (κ3) is 18.5. The van der Waals surface area contributed by atoms with Crippen LogP contribution in [0.5, 0.6) is 0 Å². The van der Waals surface area contributed by atoms with Crippen LogP contribution in [0.4, 0.5) is 0 Å². The molecule has 0 aromatic carbocycles. The molecular weight excluding hydrogens is 700 g/mol. The molecule has 0 spiro atoms. The SMILES string of the molecule is O=C(CCCC(=O)ON1C(=O)CCC1=O)NCCOCCCC(CCCO)(CCCO)CCCOCCNC(=O)CCCC(=O)ON1C(=O)CCC1=O. The number of nitrogens with one attached hydrogen (secondary N) is 2. The summed E-state index contributed by atoms with van der Waals surface area (Å²) in [6.07, 6.45) is 6.32. The molecule has 2 saturated heterocycles. The minimum absolute atomic E-state index is 0.0124. The Bertz CT molecular complexity index is 1110. The van der Waals surface area contributed by atoms with E-state index in [9.17, 15) is 48.6 Å². The van der Waals surface area contributed by atoms with E-state index in [1.807, 2.05) is 0 Å². The topological polar surface area (TPSA) is 244 Å². The molecule has 300 valence electrons. The van der Waals surface area contributed by atoms with Gasteiger partial charge in [-0.3, -0.25) is 28.8 Å². The van der Waals surface area contributed by atoms with Gasteiger partial charge in [0.1, 0.15) is 0 Å². The lowest BCUT2D eigenvalue weighted by Gasteiger charge is -2.34. The molecule has 18 heteroatoms. The number of hydroxylamine groups is 4. The number of carbonyl (C=O) groups excluding carboxylic acids is 8. The van der Waals surface area contributed by atoms with E-state index < -0.39 is 35.6 Å². The molecular formula is C35H56N4O14. The van der Waals surface area contributed by atoms with Crippen molar-refractivity contribution in [3.8, 4) is 0 Å². The highest BCUT2D eigenvalue weighted by molar-refractivity contribution is 6.02. The summed E-state index contributed by atoms with van der Waals surface area (Å²) in [5.41, 5.74) is -0.117. The van der Waals surface area contributed by atoms with Gasteiger partial charge >= 0.3 is 11.9 Å². The summed E-state index contributed by atoms with van der Waals surface area (Å²) in [5.74, 6) is -4.25. The van der Waals surface area contributed by atoms with Gasteiger partial charge in [-0.1, -0.05) is 0 Å². The first kappa shape index (κ1) is 45.2. The van der Waals surface area contributed by atoms with E-state index in [1.54, 1.807) is 0 Å². The lowest BCUT2D eigenvalue weighted by molar-refractivity contribution is -0.197. The summed E-state index contributed by atoms with van der Waals surface area (Å²) in [7, 11) is 0. The van der Waals surface area contributed by atoms with Crippen LogP contribution in [-0.4, -0.2) is 120 Å². The zero-order chi connectivity index (χ0) is 38.9. The van der Waals surface area contributed by atoms with Crippen LogP contribution in [0.15, 0.2) is 0 Å². The first-order chi connectivity index (χ1) is 25.5. The van der Waals surface area contributed by atoms with Crippen LogP contribution < -0.4 is 10.6 Å². The molecule has 0 saturated carbocycles. The smallest absolute Gasteiger partial charge is 0.333 e. The van der Waals surface area contributed by atoms with Crippen molar-refractivity contribution in [3.05, 3.63) is 0 Å². The molecule has 2 heterocycles. The number of hydrogen-bond donors (Lipinski definition) is 4. The Morgan fingerprint density at radius 3 is 1.25 bits per heavy atom. The zero-order valence-electron chi connectivity index (χ0n) is 30.6. The predicted molar refractivity (Wildman–Crippen MR) is 183 cm³/mol. The maximum atomic E-state index is 12.1. The second kappa shape index (κ2) is 25.9. The summed E-state index contributed by atoms with van der Waals surface area (Å²) < 4.78 is 11.4. The van der Waals surface area contributed by atoms with E-state index in [0.717, 1.165) is 38.5 Å². The fraction of sp³-hybridized carbons (Fsp3) is 0.771. The highest BCUT2D eigenvalue weighted by Crippen LogP contribution is 2.39. The molecule has 0 bridgehead atoms. The molecule has 2 rings (SSSR count). The highest BCUT2D eigenvalue weighted by atomic mass is 16.7. The van der Waals surface area contributed by atoms with E-state index in [-0.39, 0.29) is 108 Å². The van der Waals surface area contributed by atoms with Crippen LogP contribution in [-0.2, 0) is 57.5 Å². The summed E-state index contributed by atoms with van der Waals surface area (Å²) in [6, 6.07) is 0. The van der Waals surface area contributed by atoms with Crippen LogP contribution >= 0.6 is 0 Å². The molecule has 0 aromatic heterocycles. The Balaban J connectivity index is 1.56. The van der Waals surface area contributed by atoms with Gasteiger partial charge < -0.3 is 40.0 Å². The van der Waals surface area contributed by atoms with Crippen LogP contribution in [0.1, 0.15) is 116 Å². The fourth-order valence-corrected chi connectivity index (χ4v) is 6.06. The van der Waals surface area contributed by atoms with Crippen molar-refractivity contribution in [2.24, 2.45) is 5.41 Å². The largest absolute Gasteiger partial charge is 0.396 e. The normalized spacial score (nSPS) is 14.6. The molecule has 2 fully saturated rings. The van der Waals surface area contributed by atoms with Crippen molar-refractivity contribution < 1.29 is 67.7 Å². The van der Waals surface area contributed by atoms with Gasteiger partial charge in [0, 0.05) is 90.9 Å². The van der Waals surface area contributed by atoms with Gasteiger partial charge in [-0.15, -0.1) is 10.1 Å². The van der Waals surface area contributed by atoms with Gasteiger partial charge in [0.2, 0.25) is 11.8 Å². The third-order valence-corrected chi connectivity index (χ3v) is 8.83. The van der Waals surface area contributed by atoms with Crippen LogP contribution in [0.25, 0.3) is 0 Å². The molecule has 2 aliphatic heterocycles. The minimum atomic E-state index is -0.750. The Morgan fingerprint density at radius 1 is 0.528 bits per heavy atom. The molecule has 0 radical (unpaired) electrons. The summed E-state index contributed by atoms with van der Waals surface area (Å²) in [6.45, 7) is 2.22. The molecule has 6 amide bonds. The fourth-order valence-electron chi connectivity index (χ4n) is 6.06. The van der Waals surface area contributed by atoms with Crippen molar-refractivity contribution in [2.45, 2.75) is 116 Å². The first-order valence-corrected chi connectivity index (χ1v) is 18.5. The molecule has 18 nitrogen and oxygen atoms in total. The van der Waals surface area contributed by atoms with E-state index >= 15 is 0 Å². The van der Waals surface area contributed by atoms with E-state index in [2.05, 4.69) is 10.6 Å². The zero-order valence-corrected chi connectivity index (χ0v) is 30.6. The standard InChI is InChI=1S/C35H56N4O14/c40-21-3-15-35(16-4-22-41,17-5-23-50-25-19-36-27(42)7-1-9-33(48)52-38-29(44)11-12-30(38)45)18-6-24-51-26-20-37-28(43)8-2-10-34(49)53-39-31(46)13-14-32(39)47/h40-41H,1-26H2,(H,36,42)(H,37,43). The van der Waals surface area contributed by atoms with E-state index in [1.165, 1.54) is 0 Å². The average molecular weight is 757 g/mol. The van der Waals surface area contributed by atoms with E-state index in [0.29, 0.717) is 49.4 Å². The maximum absolute atomic E-state index is 12.1. The van der Waals surface area contributed by atoms with E-state index in [4.69, 9.17) is 19.1 Å². The molecule has 0 atom stereocenters. The minimum Gasteiger partial charge on any atom is -0.396 e. The van der Waals surface area contributed by atoms with Crippen molar-refractivity contribution in [2.75, 3.05) is 52.7 Å². The molecule has 2 aliphatic rings. The Hall–Kier alpha value is -4.00. The number of carbonyl (C=O) groups is 8. The molecule has 0 aromatic rings. The van der Waals surface area contributed by atoms with Crippen LogP contribution in [0.3, 0.4) is 0 Å². The van der Waals surface area contributed by atoms with Gasteiger partial charge in [-0.25, -0.2) is 9.59 Å². The molecule has 0 aliphatic carbocycles. The monoisotopic (exact) mass is 756 g/mol. The molecule has 4 N–H and O–H groups in total. The second-order valence-electron chi connectivity index (χ2n) is 13.1. The summed E-state index contributed by atoms with van der Waals surface area (Å²) in [4.78, 5) is 103. The Morgan fingerprint density at radius 2 is 0.887 bits per heavy atom. The maximum Gasteiger partial charge on any atom is 0.333 e. The number of hydrogen-bond acceptors (Lipinski definition) is 14. The number of rotatable bonds is 30. The lowest BCUT2D eigenvalue weighted by Crippen LogP contribution is -2.32. The van der Waals surface area contributed by atoms with Gasteiger partial charge in [0.05, 0.1) is 13.2 Å². The highest BCUT2D eigenvalue weighted by Gasteiger charge is 2.34. The van der Waals surface area contributed by atoms with Gasteiger partial charge in [-0.2, -0.15) is 0 Å². The number of ether oxygens (including phenoxy) is 2. The lowest BCUT2D eigenvalue weighted by atomic mass is 9.72. The van der Waals surface area contributed by atoms with Crippen LogP contribution in [0.2, 0.25) is 0 Å². The molecule has 53 heavy (non-hydrogen) atoms. The number of nitrogens with zero attached hydrogens (tertiary/aromatic N) is 2. The number of aliphatic hydroxyl groups is 2. The van der Waals surface area contributed by atoms with Crippen LogP contribution in [0, 0.1) is 5.41 Å². The quantitative estimate of drug-likeness (QED) is 0.0588. The van der Waals surface area contributed by atoms with Crippen molar-refractivity contribution in [1.82, 2.24) is 20.8 Å². The van der Waals surface area contributed by atoms with Crippen molar-refractivity contribution in [3.63, 3.8) is 0 Å². The summed E-state index contributed by atoms with van der Waals surface area (Å²) in [5, 5.41) is 25.5.